The maximum absolute atomic E-state index is 12.5. The number of nitrogen functional groups attached to an aromatic ring is 1. The van der Waals surface area contributed by atoms with Crippen molar-refractivity contribution in [3.8, 4) is 5.75 Å². The largest absolute Gasteiger partial charge is 0.480 e. The number of anilines is 1. The fourth-order valence-electron chi connectivity index (χ4n) is 2.15. The second-order valence-electron chi connectivity index (χ2n) is 5.29. The molecule has 2 aromatic rings. The molecule has 0 aromatic heterocycles. The predicted octanol–water partition coefficient (Wildman–Crippen LogP) is 3.93. The zero-order valence-electron chi connectivity index (χ0n) is 12.7. The van der Waals surface area contributed by atoms with Gasteiger partial charge < -0.3 is 10.5 Å². The Labute approximate surface area is 125 Å². The lowest BCUT2D eigenvalue weighted by Gasteiger charge is -2.18. The van der Waals surface area contributed by atoms with E-state index in [1.54, 1.807) is 0 Å². The van der Waals surface area contributed by atoms with Crippen LogP contribution in [0, 0.1) is 13.8 Å². The quantitative estimate of drug-likeness (QED) is 0.668. The molecule has 0 saturated carbocycles. The van der Waals surface area contributed by atoms with Crippen LogP contribution in [0.15, 0.2) is 42.5 Å². The maximum atomic E-state index is 12.5. The minimum atomic E-state index is -0.516. The van der Waals surface area contributed by atoms with Crippen molar-refractivity contribution in [2.75, 3.05) is 5.73 Å². The molecule has 0 aliphatic carbocycles. The average molecular weight is 283 g/mol. The second-order valence-corrected chi connectivity index (χ2v) is 5.29. The van der Waals surface area contributed by atoms with Crippen LogP contribution in [0.4, 0.5) is 5.69 Å². The standard InChI is InChI=1S/C18H21NO2/c1-4-16(18(20)14-8-5-12(2)6-9-14)21-17-10-7-13(3)11-15(17)19/h5-11,16H,4,19H2,1-3H3. The van der Waals surface area contributed by atoms with E-state index in [4.69, 9.17) is 10.5 Å². The fourth-order valence-corrected chi connectivity index (χ4v) is 2.15. The molecule has 0 aliphatic heterocycles. The van der Waals surface area contributed by atoms with Gasteiger partial charge in [-0.2, -0.15) is 0 Å². The summed E-state index contributed by atoms with van der Waals surface area (Å²) in [5.41, 5.74) is 9.37. The number of hydrogen-bond donors (Lipinski definition) is 1. The van der Waals surface area contributed by atoms with Gasteiger partial charge in [-0.15, -0.1) is 0 Å². The third kappa shape index (κ3) is 3.63. The first-order chi connectivity index (χ1) is 10.0. The number of carbonyl (C=O) groups is 1. The highest BCUT2D eigenvalue weighted by molar-refractivity contribution is 5.99. The molecule has 0 bridgehead atoms. The maximum Gasteiger partial charge on any atom is 0.203 e. The molecule has 2 aromatic carbocycles. The number of Topliss-reactive ketones (excluding diaryl/α,β-unsaturated/α-hetero) is 1. The van der Waals surface area contributed by atoms with E-state index < -0.39 is 6.10 Å². The van der Waals surface area contributed by atoms with Crippen LogP contribution in [0.2, 0.25) is 0 Å². The number of benzene rings is 2. The normalized spacial score (nSPS) is 12.0. The van der Waals surface area contributed by atoms with E-state index in [2.05, 4.69) is 0 Å². The van der Waals surface area contributed by atoms with Gasteiger partial charge in [0, 0.05) is 5.56 Å². The minimum Gasteiger partial charge on any atom is -0.480 e. The Balaban J connectivity index is 2.19. The van der Waals surface area contributed by atoms with E-state index in [0.717, 1.165) is 11.1 Å². The second kappa shape index (κ2) is 6.44. The molecule has 0 aliphatic rings. The molecule has 0 spiro atoms. The van der Waals surface area contributed by atoms with E-state index in [1.165, 1.54) is 0 Å². The topological polar surface area (TPSA) is 52.3 Å². The number of aryl methyl sites for hydroxylation is 2. The molecule has 2 rings (SSSR count). The van der Waals surface area contributed by atoms with Gasteiger partial charge in [-0.05, 0) is 38.0 Å². The van der Waals surface area contributed by atoms with Gasteiger partial charge in [-0.25, -0.2) is 0 Å². The smallest absolute Gasteiger partial charge is 0.203 e. The third-order valence-electron chi connectivity index (χ3n) is 3.43. The van der Waals surface area contributed by atoms with Crippen LogP contribution >= 0.6 is 0 Å². The molecule has 3 nitrogen and oxygen atoms in total. The summed E-state index contributed by atoms with van der Waals surface area (Å²) in [6, 6.07) is 13.1. The summed E-state index contributed by atoms with van der Waals surface area (Å²) in [6.07, 6.45) is 0.0812. The number of hydrogen-bond acceptors (Lipinski definition) is 3. The molecular formula is C18H21NO2. The van der Waals surface area contributed by atoms with Crippen molar-refractivity contribution in [1.82, 2.24) is 0 Å². The average Bonchev–Trinajstić information content (AvgIpc) is 2.47. The zero-order chi connectivity index (χ0) is 15.4. The molecule has 1 unspecified atom stereocenters. The Bertz CT molecular complexity index is 632. The van der Waals surface area contributed by atoms with Crippen LogP contribution in [-0.4, -0.2) is 11.9 Å². The van der Waals surface area contributed by atoms with Crippen LogP contribution in [0.3, 0.4) is 0 Å². The summed E-state index contributed by atoms with van der Waals surface area (Å²) in [5, 5.41) is 0. The van der Waals surface area contributed by atoms with E-state index in [9.17, 15) is 4.79 Å². The summed E-state index contributed by atoms with van der Waals surface area (Å²) in [6.45, 7) is 5.89. The van der Waals surface area contributed by atoms with Gasteiger partial charge in [0.15, 0.2) is 6.10 Å². The molecule has 3 heteroatoms. The number of rotatable bonds is 5. The molecule has 21 heavy (non-hydrogen) atoms. The molecule has 1 atom stereocenters. The zero-order valence-corrected chi connectivity index (χ0v) is 12.7. The van der Waals surface area contributed by atoms with Gasteiger partial charge >= 0.3 is 0 Å². The third-order valence-corrected chi connectivity index (χ3v) is 3.43. The van der Waals surface area contributed by atoms with Crippen LogP contribution in [0.1, 0.15) is 34.8 Å². The lowest BCUT2D eigenvalue weighted by Crippen LogP contribution is -2.27. The lowest BCUT2D eigenvalue weighted by atomic mass is 10.0. The van der Waals surface area contributed by atoms with Crippen molar-refractivity contribution in [2.45, 2.75) is 33.3 Å². The van der Waals surface area contributed by atoms with E-state index in [-0.39, 0.29) is 5.78 Å². The Morgan fingerprint density at radius 2 is 1.71 bits per heavy atom. The number of nitrogens with two attached hydrogens (primary N) is 1. The van der Waals surface area contributed by atoms with Gasteiger partial charge in [0.2, 0.25) is 5.78 Å². The monoisotopic (exact) mass is 283 g/mol. The molecule has 110 valence electrons. The fraction of sp³-hybridized carbons (Fsp3) is 0.278. The van der Waals surface area contributed by atoms with Gasteiger partial charge in [-0.1, -0.05) is 42.8 Å². The molecule has 0 heterocycles. The number of ketones is 1. The van der Waals surface area contributed by atoms with Gasteiger partial charge in [0.25, 0.3) is 0 Å². The highest BCUT2D eigenvalue weighted by Crippen LogP contribution is 2.25. The van der Waals surface area contributed by atoms with Crippen LogP contribution in [-0.2, 0) is 0 Å². The summed E-state index contributed by atoms with van der Waals surface area (Å²) in [5.74, 6) is 0.547. The first-order valence-electron chi connectivity index (χ1n) is 7.15. The summed E-state index contributed by atoms with van der Waals surface area (Å²) in [4.78, 5) is 12.5. The molecule has 0 saturated heterocycles. The SMILES string of the molecule is CCC(Oc1ccc(C)cc1N)C(=O)c1ccc(C)cc1. The summed E-state index contributed by atoms with van der Waals surface area (Å²) in [7, 11) is 0. The van der Waals surface area contributed by atoms with Crippen molar-refractivity contribution in [2.24, 2.45) is 0 Å². The molecule has 0 radical (unpaired) electrons. The van der Waals surface area contributed by atoms with E-state index >= 15 is 0 Å². The van der Waals surface area contributed by atoms with Gasteiger partial charge in [0.05, 0.1) is 5.69 Å². The highest BCUT2D eigenvalue weighted by Gasteiger charge is 2.20. The Morgan fingerprint density at radius 1 is 1.10 bits per heavy atom. The number of carbonyl (C=O) groups excluding carboxylic acids is 1. The highest BCUT2D eigenvalue weighted by atomic mass is 16.5. The van der Waals surface area contributed by atoms with Crippen molar-refractivity contribution in [3.05, 3.63) is 59.2 Å². The van der Waals surface area contributed by atoms with Crippen LogP contribution < -0.4 is 10.5 Å². The van der Waals surface area contributed by atoms with Crippen molar-refractivity contribution in [3.63, 3.8) is 0 Å². The lowest BCUT2D eigenvalue weighted by molar-refractivity contribution is 0.0788. The van der Waals surface area contributed by atoms with Crippen molar-refractivity contribution in [1.29, 1.82) is 0 Å². The minimum absolute atomic E-state index is 0.0162. The van der Waals surface area contributed by atoms with Crippen LogP contribution in [0.25, 0.3) is 0 Å². The first-order valence-corrected chi connectivity index (χ1v) is 7.15. The van der Waals surface area contributed by atoms with Crippen molar-refractivity contribution < 1.29 is 9.53 Å². The molecule has 0 amide bonds. The van der Waals surface area contributed by atoms with Gasteiger partial charge in [0.1, 0.15) is 5.75 Å². The molecule has 2 N–H and O–H groups in total. The Hall–Kier alpha value is -2.29. The Kier molecular flexibility index (Phi) is 4.63. The van der Waals surface area contributed by atoms with Crippen molar-refractivity contribution >= 4 is 11.5 Å². The predicted molar refractivity (Wildman–Crippen MR) is 85.8 cm³/mol. The van der Waals surface area contributed by atoms with Crippen LogP contribution in [0.5, 0.6) is 5.75 Å². The first kappa shape index (κ1) is 15.1. The summed E-state index contributed by atoms with van der Waals surface area (Å²) < 4.78 is 5.82. The molecular weight excluding hydrogens is 262 g/mol. The summed E-state index contributed by atoms with van der Waals surface area (Å²) >= 11 is 0. The Morgan fingerprint density at radius 3 is 2.29 bits per heavy atom. The van der Waals surface area contributed by atoms with E-state index in [0.29, 0.717) is 23.4 Å². The number of ether oxygens (including phenoxy) is 1. The van der Waals surface area contributed by atoms with Gasteiger partial charge in [-0.3, -0.25) is 4.79 Å². The van der Waals surface area contributed by atoms with E-state index in [1.807, 2.05) is 63.2 Å². The molecule has 0 fully saturated rings.